The molecule has 1 rings (SSSR count). The number of hydrogen-bond donors (Lipinski definition) is 2. The van der Waals surface area contributed by atoms with Crippen LogP contribution in [0.1, 0.15) is 26.7 Å². The molecular weight excluding hydrogens is 124 g/mol. The molecule has 0 aliphatic carbocycles. The molecule has 10 heavy (non-hydrogen) atoms. The standard InChI is InChI=1S/C6H14N2.C2H6/c1-7-5-6-3-2-4-8-6;1-2/h6,8H,1-5,7H2;1-2H3/t6-;/m0./s1. The van der Waals surface area contributed by atoms with Crippen LogP contribution in [0.25, 0.3) is 0 Å². The average Bonchev–Trinajstić information content (AvgIpc) is 2.46. The Labute approximate surface area is 64.4 Å². The molecule has 1 fully saturated rings. The van der Waals surface area contributed by atoms with Crippen molar-refractivity contribution in [3.8, 4) is 0 Å². The summed E-state index contributed by atoms with van der Waals surface area (Å²) in [5.74, 6) is 0. The first-order valence-corrected chi connectivity index (χ1v) is 4.28. The second kappa shape index (κ2) is 7.03. The summed E-state index contributed by atoms with van der Waals surface area (Å²) in [5, 5.41) is 5.38. The summed E-state index contributed by atoms with van der Waals surface area (Å²) in [4.78, 5) is 0. The lowest BCUT2D eigenvalue weighted by Gasteiger charge is -2.07. The molecule has 1 saturated heterocycles. The van der Waals surface area contributed by atoms with Gasteiger partial charge in [0.15, 0.2) is 0 Å². The van der Waals surface area contributed by atoms with E-state index in [9.17, 15) is 0 Å². The Kier molecular flexibility index (Phi) is 6.98. The molecule has 62 valence electrons. The lowest BCUT2D eigenvalue weighted by Crippen LogP contribution is -2.80. The molecule has 2 heteroatoms. The van der Waals surface area contributed by atoms with Crippen molar-refractivity contribution in [1.82, 2.24) is 5.32 Å². The van der Waals surface area contributed by atoms with Gasteiger partial charge in [-0.15, -0.1) is 0 Å². The predicted octanol–water partition coefficient (Wildman–Crippen LogP) is 0.120. The minimum Gasteiger partial charge on any atom is -0.478 e. The zero-order chi connectivity index (χ0) is 7.82. The molecule has 1 heterocycles. The second-order valence-corrected chi connectivity index (χ2v) is 2.32. The SMILES string of the molecule is CC.[CH2-][NH2+]C[C@@H]1CCCN1. The molecule has 0 saturated carbocycles. The first-order valence-electron chi connectivity index (χ1n) is 4.28. The van der Waals surface area contributed by atoms with Crippen LogP contribution < -0.4 is 10.6 Å². The Morgan fingerprint density at radius 1 is 1.60 bits per heavy atom. The summed E-state index contributed by atoms with van der Waals surface area (Å²) in [5.41, 5.74) is 0. The molecule has 0 amide bonds. The van der Waals surface area contributed by atoms with Crippen LogP contribution in [-0.2, 0) is 0 Å². The van der Waals surface area contributed by atoms with Gasteiger partial charge in [0.2, 0.25) is 0 Å². The molecule has 0 bridgehead atoms. The van der Waals surface area contributed by atoms with Gasteiger partial charge in [0, 0.05) is 0 Å². The van der Waals surface area contributed by atoms with Crippen LogP contribution in [0.2, 0.25) is 0 Å². The summed E-state index contributed by atoms with van der Waals surface area (Å²) in [6.07, 6.45) is 2.69. The third-order valence-electron chi connectivity index (χ3n) is 1.61. The Bertz CT molecular complexity index is 58.3. The van der Waals surface area contributed by atoms with E-state index in [1.165, 1.54) is 19.4 Å². The van der Waals surface area contributed by atoms with Gasteiger partial charge in [-0.1, -0.05) is 13.8 Å². The fourth-order valence-electron chi connectivity index (χ4n) is 1.16. The molecule has 0 radical (unpaired) electrons. The highest BCUT2D eigenvalue weighted by atomic mass is 15.0. The number of nitrogens with two attached hydrogens (primary N) is 1. The highest BCUT2D eigenvalue weighted by Gasteiger charge is 2.12. The van der Waals surface area contributed by atoms with E-state index in [1.54, 1.807) is 0 Å². The van der Waals surface area contributed by atoms with E-state index in [4.69, 9.17) is 0 Å². The van der Waals surface area contributed by atoms with Gasteiger partial charge in [-0.2, -0.15) is 7.05 Å². The minimum absolute atomic E-state index is 0.743. The molecule has 0 aromatic carbocycles. The summed E-state index contributed by atoms with van der Waals surface area (Å²) in [6.45, 7) is 6.35. The topological polar surface area (TPSA) is 28.6 Å². The molecule has 1 aliphatic rings. The van der Waals surface area contributed by atoms with E-state index in [0.717, 1.165) is 12.6 Å². The Morgan fingerprint density at radius 2 is 2.30 bits per heavy atom. The molecule has 1 aliphatic heterocycles. The van der Waals surface area contributed by atoms with Crippen LogP contribution in [0.3, 0.4) is 0 Å². The van der Waals surface area contributed by atoms with Gasteiger partial charge in [-0.05, 0) is 19.4 Å². The molecule has 1 atom stereocenters. The van der Waals surface area contributed by atoms with Gasteiger partial charge in [0.05, 0.1) is 12.6 Å². The van der Waals surface area contributed by atoms with E-state index >= 15 is 0 Å². The number of nitrogens with one attached hydrogen (secondary N) is 1. The maximum Gasteiger partial charge on any atom is 0.0671 e. The third-order valence-corrected chi connectivity index (χ3v) is 1.61. The van der Waals surface area contributed by atoms with Crippen molar-refractivity contribution in [3.05, 3.63) is 7.05 Å². The maximum atomic E-state index is 3.68. The smallest absolute Gasteiger partial charge is 0.0671 e. The van der Waals surface area contributed by atoms with Crippen LogP contribution in [0.4, 0.5) is 0 Å². The first-order chi connectivity index (χ1) is 4.93. The lowest BCUT2D eigenvalue weighted by molar-refractivity contribution is -0.597. The second-order valence-electron chi connectivity index (χ2n) is 2.32. The van der Waals surface area contributed by atoms with E-state index < -0.39 is 0 Å². The van der Waals surface area contributed by atoms with Crippen molar-refractivity contribution < 1.29 is 5.32 Å². The summed E-state index contributed by atoms with van der Waals surface area (Å²) >= 11 is 0. The monoisotopic (exact) mass is 144 g/mol. The van der Waals surface area contributed by atoms with Crippen LogP contribution in [0.5, 0.6) is 0 Å². The van der Waals surface area contributed by atoms with Crippen LogP contribution in [0, 0.1) is 7.05 Å². The van der Waals surface area contributed by atoms with E-state index in [-0.39, 0.29) is 0 Å². The quantitative estimate of drug-likeness (QED) is 0.529. The highest BCUT2D eigenvalue weighted by Crippen LogP contribution is 2.01. The largest absolute Gasteiger partial charge is 0.478 e. The molecule has 2 nitrogen and oxygen atoms in total. The van der Waals surface area contributed by atoms with E-state index in [1.807, 2.05) is 19.2 Å². The molecule has 0 aromatic rings. The molecule has 0 unspecified atom stereocenters. The highest BCUT2D eigenvalue weighted by molar-refractivity contribution is 4.71. The van der Waals surface area contributed by atoms with Crippen LogP contribution >= 0.6 is 0 Å². The lowest BCUT2D eigenvalue weighted by atomic mass is 10.2. The molecular formula is C8H20N2. The van der Waals surface area contributed by atoms with Crippen LogP contribution in [-0.4, -0.2) is 19.1 Å². The predicted molar refractivity (Wildman–Crippen MR) is 44.5 cm³/mol. The maximum absolute atomic E-state index is 3.68. The summed E-state index contributed by atoms with van der Waals surface area (Å²) in [7, 11) is 3.68. The molecule has 3 N–H and O–H groups in total. The zero-order valence-electron chi connectivity index (χ0n) is 7.19. The number of rotatable bonds is 2. The van der Waals surface area contributed by atoms with Gasteiger partial charge in [-0.25, -0.2) is 0 Å². The fraction of sp³-hybridized carbons (Fsp3) is 0.875. The number of quaternary nitrogens is 1. The molecule has 0 aromatic heterocycles. The average molecular weight is 144 g/mol. The zero-order valence-corrected chi connectivity index (χ0v) is 7.19. The van der Waals surface area contributed by atoms with E-state index in [2.05, 4.69) is 12.4 Å². The summed E-state index contributed by atoms with van der Waals surface area (Å²) < 4.78 is 0. The van der Waals surface area contributed by atoms with Crippen LogP contribution in [0.15, 0.2) is 0 Å². The Morgan fingerprint density at radius 3 is 2.70 bits per heavy atom. The number of hydrogen-bond acceptors (Lipinski definition) is 1. The third kappa shape index (κ3) is 3.85. The van der Waals surface area contributed by atoms with Gasteiger partial charge in [0.25, 0.3) is 0 Å². The van der Waals surface area contributed by atoms with Crippen molar-refractivity contribution in [3.63, 3.8) is 0 Å². The van der Waals surface area contributed by atoms with E-state index in [0.29, 0.717) is 0 Å². The van der Waals surface area contributed by atoms with Crippen molar-refractivity contribution in [1.29, 1.82) is 0 Å². The molecule has 0 spiro atoms. The van der Waals surface area contributed by atoms with Crippen molar-refractivity contribution in [2.75, 3.05) is 13.1 Å². The first kappa shape index (κ1) is 9.92. The van der Waals surface area contributed by atoms with Gasteiger partial charge >= 0.3 is 0 Å². The summed E-state index contributed by atoms with van der Waals surface area (Å²) in [6, 6.07) is 0.743. The van der Waals surface area contributed by atoms with Crippen molar-refractivity contribution >= 4 is 0 Å². The van der Waals surface area contributed by atoms with Gasteiger partial charge < -0.3 is 10.6 Å². The van der Waals surface area contributed by atoms with Gasteiger partial charge in [0.1, 0.15) is 0 Å². The van der Waals surface area contributed by atoms with Crippen molar-refractivity contribution in [2.45, 2.75) is 32.7 Å². The minimum atomic E-state index is 0.743. The fourth-order valence-corrected chi connectivity index (χ4v) is 1.16. The normalized spacial score (nSPS) is 23.7. The Balaban J connectivity index is 0.000000371. The van der Waals surface area contributed by atoms with Crippen molar-refractivity contribution in [2.24, 2.45) is 0 Å². The van der Waals surface area contributed by atoms with Gasteiger partial charge in [-0.3, -0.25) is 0 Å². The Hall–Kier alpha value is -0.0800.